The van der Waals surface area contributed by atoms with Gasteiger partial charge in [0.1, 0.15) is 12.6 Å². The van der Waals surface area contributed by atoms with Crippen LogP contribution in [0.1, 0.15) is 26.2 Å². The Bertz CT molecular complexity index is 350. The van der Waals surface area contributed by atoms with E-state index in [9.17, 15) is 14.4 Å². The summed E-state index contributed by atoms with van der Waals surface area (Å²) in [5.74, 6) is -0.921. The SMILES string of the molecule is CC1C(=O)NC(=O)CN1C(=O)CC1CCCN1. The molecule has 0 aromatic rings. The molecule has 3 amide bonds. The predicted molar refractivity (Wildman–Crippen MR) is 60.0 cm³/mol. The second kappa shape index (κ2) is 4.83. The lowest BCUT2D eigenvalue weighted by Gasteiger charge is -2.32. The summed E-state index contributed by atoms with van der Waals surface area (Å²) in [4.78, 5) is 36.0. The van der Waals surface area contributed by atoms with E-state index in [4.69, 9.17) is 0 Å². The first-order valence-electron chi connectivity index (χ1n) is 5.94. The summed E-state index contributed by atoms with van der Waals surface area (Å²) in [5.41, 5.74) is 0. The van der Waals surface area contributed by atoms with Crippen LogP contribution in [-0.2, 0) is 14.4 Å². The van der Waals surface area contributed by atoms with Gasteiger partial charge in [-0.05, 0) is 26.3 Å². The van der Waals surface area contributed by atoms with Crippen LogP contribution in [0.4, 0.5) is 0 Å². The molecule has 2 rings (SSSR count). The Morgan fingerprint density at radius 2 is 2.24 bits per heavy atom. The molecular weight excluding hydrogens is 222 g/mol. The van der Waals surface area contributed by atoms with Crippen molar-refractivity contribution in [2.24, 2.45) is 0 Å². The van der Waals surface area contributed by atoms with Crippen molar-refractivity contribution in [2.75, 3.05) is 13.1 Å². The number of amides is 3. The fourth-order valence-corrected chi connectivity index (χ4v) is 2.28. The molecule has 2 N–H and O–H groups in total. The average molecular weight is 239 g/mol. The topological polar surface area (TPSA) is 78.5 Å². The van der Waals surface area contributed by atoms with E-state index in [0.717, 1.165) is 19.4 Å². The molecule has 0 radical (unpaired) electrons. The van der Waals surface area contributed by atoms with Crippen molar-refractivity contribution in [1.82, 2.24) is 15.5 Å². The number of piperazine rings is 1. The zero-order valence-electron chi connectivity index (χ0n) is 9.86. The van der Waals surface area contributed by atoms with Gasteiger partial charge < -0.3 is 10.2 Å². The minimum absolute atomic E-state index is 0.0154. The van der Waals surface area contributed by atoms with Crippen molar-refractivity contribution in [3.63, 3.8) is 0 Å². The number of nitrogens with one attached hydrogen (secondary N) is 2. The normalized spacial score (nSPS) is 29.4. The summed E-state index contributed by atoms with van der Waals surface area (Å²) in [6.07, 6.45) is 2.42. The van der Waals surface area contributed by atoms with Gasteiger partial charge in [0.15, 0.2) is 0 Å². The van der Waals surface area contributed by atoms with Gasteiger partial charge in [0.25, 0.3) is 0 Å². The Morgan fingerprint density at radius 1 is 1.47 bits per heavy atom. The lowest BCUT2D eigenvalue weighted by atomic mass is 10.1. The first-order chi connectivity index (χ1) is 8.08. The number of nitrogens with zero attached hydrogens (tertiary/aromatic N) is 1. The Kier molecular flexibility index (Phi) is 3.42. The molecule has 0 spiro atoms. The first kappa shape index (κ1) is 12.0. The molecule has 2 aliphatic heterocycles. The van der Waals surface area contributed by atoms with E-state index in [1.54, 1.807) is 6.92 Å². The Balaban J connectivity index is 1.96. The maximum absolute atomic E-state index is 12.0. The van der Waals surface area contributed by atoms with E-state index >= 15 is 0 Å². The van der Waals surface area contributed by atoms with Gasteiger partial charge >= 0.3 is 0 Å². The molecule has 94 valence electrons. The van der Waals surface area contributed by atoms with Crippen LogP contribution >= 0.6 is 0 Å². The van der Waals surface area contributed by atoms with Gasteiger partial charge in [-0.2, -0.15) is 0 Å². The highest BCUT2D eigenvalue weighted by atomic mass is 16.2. The fourth-order valence-electron chi connectivity index (χ4n) is 2.28. The highest BCUT2D eigenvalue weighted by Crippen LogP contribution is 2.13. The molecule has 2 unspecified atom stereocenters. The van der Waals surface area contributed by atoms with Crippen LogP contribution < -0.4 is 10.6 Å². The molecule has 2 fully saturated rings. The summed E-state index contributed by atoms with van der Waals surface area (Å²) < 4.78 is 0. The average Bonchev–Trinajstić information content (AvgIpc) is 2.76. The van der Waals surface area contributed by atoms with Crippen LogP contribution in [0, 0.1) is 0 Å². The van der Waals surface area contributed by atoms with Gasteiger partial charge in [0.05, 0.1) is 0 Å². The van der Waals surface area contributed by atoms with Crippen molar-refractivity contribution in [1.29, 1.82) is 0 Å². The van der Waals surface area contributed by atoms with Gasteiger partial charge in [-0.3, -0.25) is 19.7 Å². The summed E-state index contributed by atoms with van der Waals surface area (Å²) in [6, 6.07) is -0.364. The van der Waals surface area contributed by atoms with Gasteiger partial charge in [-0.1, -0.05) is 0 Å². The largest absolute Gasteiger partial charge is 0.322 e. The quantitative estimate of drug-likeness (QED) is 0.606. The Hall–Kier alpha value is -1.43. The van der Waals surface area contributed by atoms with Crippen LogP contribution in [0.15, 0.2) is 0 Å². The summed E-state index contributed by atoms with van der Waals surface area (Å²) >= 11 is 0. The molecule has 2 heterocycles. The second-order valence-corrected chi connectivity index (χ2v) is 4.61. The van der Waals surface area contributed by atoms with Crippen molar-refractivity contribution in [3.8, 4) is 0 Å². The molecule has 0 aromatic carbocycles. The fraction of sp³-hybridized carbons (Fsp3) is 0.727. The van der Waals surface area contributed by atoms with Crippen molar-refractivity contribution in [2.45, 2.75) is 38.3 Å². The molecule has 0 bridgehead atoms. The van der Waals surface area contributed by atoms with Gasteiger partial charge in [-0.25, -0.2) is 0 Å². The summed E-state index contributed by atoms with van der Waals surface area (Å²) in [6.45, 7) is 2.56. The minimum atomic E-state index is -0.554. The predicted octanol–water partition coefficient (Wildman–Crippen LogP) is -0.998. The van der Waals surface area contributed by atoms with E-state index in [-0.39, 0.29) is 18.5 Å². The highest BCUT2D eigenvalue weighted by Gasteiger charge is 2.34. The molecule has 2 saturated heterocycles. The van der Waals surface area contributed by atoms with E-state index in [1.165, 1.54) is 4.90 Å². The van der Waals surface area contributed by atoms with Crippen LogP contribution in [-0.4, -0.2) is 47.8 Å². The molecule has 6 heteroatoms. The number of carbonyl (C=O) groups excluding carboxylic acids is 3. The molecule has 2 atom stereocenters. The van der Waals surface area contributed by atoms with Gasteiger partial charge in [0.2, 0.25) is 17.7 Å². The molecule has 0 aliphatic carbocycles. The van der Waals surface area contributed by atoms with E-state index < -0.39 is 17.9 Å². The smallest absolute Gasteiger partial charge is 0.249 e. The second-order valence-electron chi connectivity index (χ2n) is 4.61. The zero-order chi connectivity index (χ0) is 12.4. The summed E-state index contributed by atoms with van der Waals surface area (Å²) in [5, 5.41) is 5.45. The zero-order valence-corrected chi connectivity index (χ0v) is 9.86. The standard InChI is InChI=1S/C11H17N3O3/c1-7-11(17)13-9(15)6-14(7)10(16)5-8-3-2-4-12-8/h7-8,12H,2-6H2,1H3,(H,13,15,17). The molecule has 0 aromatic heterocycles. The molecule has 2 aliphatic rings. The van der Waals surface area contributed by atoms with E-state index in [0.29, 0.717) is 6.42 Å². The monoisotopic (exact) mass is 239 g/mol. The highest BCUT2D eigenvalue weighted by molar-refractivity contribution is 6.04. The van der Waals surface area contributed by atoms with Crippen LogP contribution in [0.2, 0.25) is 0 Å². The third kappa shape index (κ3) is 2.63. The Labute approximate surface area is 99.7 Å². The third-order valence-corrected chi connectivity index (χ3v) is 3.33. The Morgan fingerprint density at radius 3 is 2.88 bits per heavy atom. The molecule has 6 nitrogen and oxygen atoms in total. The number of hydrogen-bond acceptors (Lipinski definition) is 4. The van der Waals surface area contributed by atoms with Gasteiger partial charge in [-0.15, -0.1) is 0 Å². The summed E-state index contributed by atoms with van der Waals surface area (Å²) in [7, 11) is 0. The van der Waals surface area contributed by atoms with Crippen LogP contribution in [0.3, 0.4) is 0 Å². The third-order valence-electron chi connectivity index (χ3n) is 3.33. The van der Waals surface area contributed by atoms with Crippen molar-refractivity contribution < 1.29 is 14.4 Å². The molecular formula is C11H17N3O3. The minimum Gasteiger partial charge on any atom is -0.322 e. The number of imide groups is 1. The van der Waals surface area contributed by atoms with Crippen molar-refractivity contribution >= 4 is 17.7 Å². The number of rotatable bonds is 2. The number of hydrogen-bond donors (Lipinski definition) is 2. The van der Waals surface area contributed by atoms with Gasteiger partial charge in [0, 0.05) is 12.5 Å². The lowest BCUT2D eigenvalue weighted by molar-refractivity contribution is -0.149. The lowest BCUT2D eigenvalue weighted by Crippen LogP contribution is -2.59. The van der Waals surface area contributed by atoms with E-state index in [1.807, 2.05) is 0 Å². The van der Waals surface area contributed by atoms with Crippen LogP contribution in [0.5, 0.6) is 0 Å². The first-order valence-corrected chi connectivity index (χ1v) is 5.94. The van der Waals surface area contributed by atoms with Crippen molar-refractivity contribution in [3.05, 3.63) is 0 Å². The molecule has 17 heavy (non-hydrogen) atoms. The maximum atomic E-state index is 12.0. The number of carbonyl (C=O) groups is 3. The van der Waals surface area contributed by atoms with Crippen LogP contribution in [0.25, 0.3) is 0 Å². The molecule has 0 saturated carbocycles. The maximum Gasteiger partial charge on any atom is 0.249 e. The van der Waals surface area contributed by atoms with E-state index in [2.05, 4.69) is 10.6 Å².